The van der Waals surface area contributed by atoms with Crippen LogP contribution in [0.1, 0.15) is 18.2 Å². The molecule has 0 saturated heterocycles. The number of fused-ring (bicyclic) bond motifs is 1. The molecule has 18 heavy (non-hydrogen) atoms. The molecule has 0 radical (unpaired) electrons. The summed E-state index contributed by atoms with van der Waals surface area (Å²) >= 11 is 0. The van der Waals surface area contributed by atoms with Crippen LogP contribution >= 0.6 is 0 Å². The van der Waals surface area contributed by atoms with Gasteiger partial charge in [-0.3, -0.25) is 9.78 Å². The number of pyridine rings is 1. The summed E-state index contributed by atoms with van der Waals surface area (Å²) in [4.78, 5) is 15.3. The average Bonchev–Trinajstić information content (AvgIpc) is 2.37. The fourth-order valence-electron chi connectivity index (χ4n) is 1.96. The van der Waals surface area contributed by atoms with E-state index in [2.05, 4.69) is 11.9 Å². The van der Waals surface area contributed by atoms with Crippen LogP contribution in [0.15, 0.2) is 30.3 Å². The Bertz CT molecular complexity index is 581. The molecule has 1 atom stereocenters. The van der Waals surface area contributed by atoms with Crippen molar-refractivity contribution in [1.82, 2.24) is 4.98 Å². The van der Waals surface area contributed by atoms with Gasteiger partial charge in [0, 0.05) is 17.5 Å². The maximum Gasteiger partial charge on any atom is 0.320 e. The number of carboxylic acids is 1. The van der Waals surface area contributed by atoms with E-state index in [-0.39, 0.29) is 6.42 Å². The Morgan fingerprint density at radius 1 is 1.39 bits per heavy atom. The van der Waals surface area contributed by atoms with Crippen molar-refractivity contribution in [1.29, 1.82) is 0 Å². The van der Waals surface area contributed by atoms with Gasteiger partial charge >= 0.3 is 5.97 Å². The van der Waals surface area contributed by atoms with E-state index in [1.807, 2.05) is 30.3 Å². The van der Waals surface area contributed by atoms with E-state index in [1.54, 1.807) is 0 Å². The van der Waals surface area contributed by atoms with Crippen molar-refractivity contribution < 1.29 is 9.90 Å². The van der Waals surface area contributed by atoms with E-state index in [0.29, 0.717) is 0 Å². The molecule has 0 aliphatic rings. The lowest BCUT2D eigenvalue weighted by Gasteiger charge is -2.08. The number of rotatable bonds is 4. The second-order valence-electron chi connectivity index (χ2n) is 4.29. The van der Waals surface area contributed by atoms with Crippen molar-refractivity contribution in [2.45, 2.75) is 25.8 Å². The second kappa shape index (κ2) is 5.14. The summed E-state index contributed by atoms with van der Waals surface area (Å²) in [6, 6.07) is 8.95. The van der Waals surface area contributed by atoms with Gasteiger partial charge in [0.2, 0.25) is 0 Å². The summed E-state index contributed by atoms with van der Waals surface area (Å²) in [5.41, 5.74) is 8.35. The molecule has 3 N–H and O–H groups in total. The second-order valence-corrected chi connectivity index (χ2v) is 4.29. The third-order valence-electron chi connectivity index (χ3n) is 2.99. The van der Waals surface area contributed by atoms with Gasteiger partial charge < -0.3 is 10.8 Å². The molecule has 0 fully saturated rings. The molecule has 1 aromatic heterocycles. The monoisotopic (exact) mass is 244 g/mol. The number of aromatic nitrogens is 1. The Labute approximate surface area is 105 Å². The number of benzene rings is 1. The van der Waals surface area contributed by atoms with E-state index < -0.39 is 12.0 Å². The number of nitrogens with two attached hydrogens (primary N) is 1. The highest BCUT2D eigenvalue weighted by molar-refractivity contribution is 5.82. The van der Waals surface area contributed by atoms with Crippen molar-refractivity contribution in [2.24, 2.45) is 5.73 Å². The molecule has 0 spiro atoms. The minimum absolute atomic E-state index is 0.253. The lowest BCUT2D eigenvalue weighted by Crippen LogP contribution is -2.32. The molecule has 1 unspecified atom stereocenters. The highest BCUT2D eigenvalue weighted by Crippen LogP contribution is 2.18. The first-order valence-electron chi connectivity index (χ1n) is 5.97. The SMILES string of the molecule is CCc1cccc2ccc(CC(N)C(=O)O)nc12. The summed E-state index contributed by atoms with van der Waals surface area (Å²) in [5, 5.41) is 9.88. The molecule has 0 amide bonds. The van der Waals surface area contributed by atoms with Crippen LogP contribution in [0.4, 0.5) is 0 Å². The molecule has 94 valence electrons. The Balaban J connectivity index is 2.40. The predicted molar refractivity (Wildman–Crippen MR) is 70.4 cm³/mol. The van der Waals surface area contributed by atoms with Gasteiger partial charge in [0.05, 0.1) is 5.52 Å². The molecule has 0 bridgehead atoms. The van der Waals surface area contributed by atoms with Crippen molar-refractivity contribution in [3.05, 3.63) is 41.6 Å². The number of hydrogen-bond acceptors (Lipinski definition) is 3. The van der Waals surface area contributed by atoms with Gasteiger partial charge in [0.25, 0.3) is 0 Å². The first-order chi connectivity index (χ1) is 8.61. The smallest absolute Gasteiger partial charge is 0.320 e. The van der Waals surface area contributed by atoms with Crippen LogP contribution in [0.25, 0.3) is 10.9 Å². The molecule has 2 rings (SSSR count). The first-order valence-corrected chi connectivity index (χ1v) is 5.97. The number of para-hydroxylation sites is 1. The van der Waals surface area contributed by atoms with E-state index >= 15 is 0 Å². The first kappa shape index (κ1) is 12.5. The molecule has 1 aromatic carbocycles. The number of aliphatic carboxylic acids is 1. The molecule has 0 saturated carbocycles. The maximum atomic E-state index is 10.7. The quantitative estimate of drug-likeness (QED) is 0.859. The summed E-state index contributed by atoms with van der Waals surface area (Å²) < 4.78 is 0. The lowest BCUT2D eigenvalue weighted by molar-refractivity contribution is -0.138. The average molecular weight is 244 g/mol. The topological polar surface area (TPSA) is 76.2 Å². The van der Waals surface area contributed by atoms with Gasteiger partial charge in [-0.1, -0.05) is 31.2 Å². The summed E-state index contributed by atoms with van der Waals surface area (Å²) in [5.74, 6) is -0.999. The van der Waals surface area contributed by atoms with Crippen molar-refractivity contribution in [3.63, 3.8) is 0 Å². The molecule has 2 aromatic rings. The van der Waals surface area contributed by atoms with Crippen LogP contribution in [0.3, 0.4) is 0 Å². The van der Waals surface area contributed by atoms with Gasteiger partial charge in [0.1, 0.15) is 6.04 Å². The Morgan fingerprint density at radius 3 is 2.83 bits per heavy atom. The number of hydrogen-bond donors (Lipinski definition) is 2. The van der Waals surface area contributed by atoms with Crippen molar-refractivity contribution in [2.75, 3.05) is 0 Å². The molecule has 4 nitrogen and oxygen atoms in total. The largest absolute Gasteiger partial charge is 0.480 e. The summed E-state index contributed by atoms with van der Waals surface area (Å²) in [7, 11) is 0. The molecular weight excluding hydrogens is 228 g/mol. The highest BCUT2D eigenvalue weighted by Gasteiger charge is 2.13. The fraction of sp³-hybridized carbons (Fsp3) is 0.286. The number of carboxylic acid groups (broad SMARTS) is 1. The third-order valence-corrected chi connectivity index (χ3v) is 2.99. The molecular formula is C14H16N2O2. The molecule has 1 heterocycles. The third kappa shape index (κ3) is 2.49. The zero-order valence-corrected chi connectivity index (χ0v) is 10.3. The van der Waals surface area contributed by atoms with Gasteiger partial charge in [0.15, 0.2) is 0 Å². The van der Waals surface area contributed by atoms with Crippen molar-refractivity contribution >= 4 is 16.9 Å². The number of aryl methyl sites for hydroxylation is 1. The van der Waals surface area contributed by atoms with E-state index in [4.69, 9.17) is 10.8 Å². The fourth-order valence-corrected chi connectivity index (χ4v) is 1.96. The Morgan fingerprint density at radius 2 is 2.17 bits per heavy atom. The standard InChI is InChI=1S/C14H16N2O2/c1-2-9-4-3-5-10-6-7-11(16-13(9)10)8-12(15)14(17)18/h3-7,12H,2,8,15H2,1H3,(H,17,18). The summed E-state index contributed by atoms with van der Waals surface area (Å²) in [6.45, 7) is 2.08. The Kier molecular flexibility index (Phi) is 3.58. The summed E-state index contributed by atoms with van der Waals surface area (Å²) in [6.07, 6.45) is 1.15. The zero-order valence-electron chi connectivity index (χ0n) is 10.3. The van der Waals surface area contributed by atoms with Crippen LogP contribution in [-0.2, 0) is 17.6 Å². The molecule has 0 aliphatic carbocycles. The van der Waals surface area contributed by atoms with Crippen molar-refractivity contribution in [3.8, 4) is 0 Å². The highest BCUT2D eigenvalue weighted by atomic mass is 16.4. The van der Waals surface area contributed by atoms with E-state index in [9.17, 15) is 4.79 Å². The van der Waals surface area contributed by atoms with Crippen LogP contribution in [-0.4, -0.2) is 22.1 Å². The lowest BCUT2D eigenvalue weighted by atomic mass is 10.1. The van der Waals surface area contributed by atoms with Crippen LogP contribution in [0, 0.1) is 0 Å². The van der Waals surface area contributed by atoms with Crippen LogP contribution in [0.5, 0.6) is 0 Å². The van der Waals surface area contributed by atoms with Gasteiger partial charge in [-0.2, -0.15) is 0 Å². The van der Waals surface area contributed by atoms with Crippen LogP contribution in [0.2, 0.25) is 0 Å². The predicted octanol–water partition coefficient (Wildman–Crippen LogP) is 1.75. The zero-order chi connectivity index (χ0) is 13.1. The van der Waals surface area contributed by atoms with E-state index in [0.717, 1.165) is 23.0 Å². The normalized spacial score (nSPS) is 12.6. The number of nitrogens with zero attached hydrogens (tertiary/aromatic N) is 1. The van der Waals surface area contributed by atoms with Gasteiger partial charge in [-0.25, -0.2) is 0 Å². The number of carbonyl (C=O) groups is 1. The maximum absolute atomic E-state index is 10.7. The van der Waals surface area contributed by atoms with Gasteiger partial charge in [-0.05, 0) is 18.1 Å². The van der Waals surface area contributed by atoms with E-state index in [1.165, 1.54) is 5.56 Å². The minimum Gasteiger partial charge on any atom is -0.480 e. The molecule has 0 aliphatic heterocycles. The van der Waals surface area contributed by atoms with Crippen LogP contribution < -0.4 is 5.73 Å². The molecule has 4 heteroatoms. The minimum atomic E-state index is -0.999. The Hall–Kier alpha value is -1.94. The van der Waals surface area contributed by atoms with Gasteiger partial charge in [-0.15, -0.1) is 0 Å².